The number of hydrogen-bond donors (Lipinski definition) is 2. The fourth-order valence-corrected chi connectivity index (χ4v) is 4.21. The number of anilines is 1. The first kappa shape index (κ1) is 20.7. The summed E-state index contributed by atoms with van der Waals surface area (Å²) in [4.78, 5) is 10.3. The maximum atomic E-state index is 11.5. The van der Waals surface area contributed by atoms with Gasteiger partial charge in [0.05, 0.1) is 21.1 Å². The number of halogens is 1. The highest BCUT2D eigenvalue weighted by molar-refractivity contribution is 7.89. The lowest BCUT2D eigenvalue weighted by molar-refractivity contribution is -0.384. The molecular weight excluding hydrogens is 440 g/mol. The summed E-state index contributed by atoms with van der Waals surface area (Å²) in [5, 5.41) is 24.7. The Morgan fingerprint density at radius 1 is 0.968 bits per heavy atom. The molecule has 0 saturated carbocycles. The predicted molar refractivity (Wildman–Crippen MR) is 122 cm³/mol. The molecule has 0 bridgehead atoms. The van der Waals surface area contributed by atoms with Gasteiger partial charge in [-0.2, -0.15) is 5.10 Å². The van der Waals surface area contributed by atoms with Crippen LogP contribution in [-0.2, 0) is 10.0 Å². The number of nitro benzene ring substituents is 1. The van der Waals surface area contributed by atoms with E-state index in [1.54, 1.807) is 6.21 Å². The lowest BCUT2D eigenvalue weighted by atomic mass is 9.97. The van der Waals surface area contributed by atoms with Gasteiger partial charge in [0.1, 0.15) is 5.69 Å². The highest BCUT2D eigenvalue weighted by Crippen LogP contribution is 2.35. The summed E-state index contributed by atoms with van der Waals surface area (Å²) in [7, 11) is -4.07. The van der Waals surface area contributed by atoms with Crippen molar-refractivity contribution in [2.24, 2.45) is 10.2 Å². The number of sulfonamides is 1. The lowest BCUT2D eigenvalue weighted by Crippen LogP contribution is -2.12. The van der Waals surface area contributed by atoms with Gasteiger partial charge >= 0.3 is 0 Å². The molecule has 0 amide bonds. The van der Waals surface area contributed by atoms with Crippen LogP contribution in [0.1, 0.15) is 5.56 Å². The molecule has 0 atom stereocenters. The van der Waals surface area contributed by atoms with E-state index >= 15 is 0 Å². The number of hydrogen-bond acceptors (Lipinski definition) is 6. The molecule has 4 aromatic carbocycles. The molecule has 0 fully saturated rings. The highest BCUT2D eigenvalue weighted by Gasteiger charge is 2.19. The highest BCUT2D eigenvalue weighted by atomic mass is 35.5. The number of nitrogens with one attached hydrogen (secondary N) is 1. The SMILES string of the molecule is NS(=O)(=O)c1ccc(N/N=C\c2c3ccccc3c(Cl)c3ccccc23)c([N+](=O)[O-])c1. The molecular formula is C21H15ClN4O4S. The minimum Gasteiger partial charge on any atom is -0.272 e. The monoisotopic (exact) mass is 454 g/mol. The van der Waals surface area contributed by atoms with Crippen LogP contribution in [0.2, 0.25) is 5.02 Å². The van der Waals surface area contributed by atoms with Gasteiger partial charge < -0.3 is 0 Å². The number of nitro groups is 1. The van der Waals surface area contributed by atoms with E-state index in [0.29, 0.717) is 5.02 Å². The molecule has 0 radical (unpaired) electrons. The van der Waals surface area contributed by atoms with Gasteiger partial charge in [-0.1, -0.05) is 60.1 Å². The van der Waals surface area contributed by atoms with Gasteiger partial charge in [0.2, 0.25) is 10.0 Å². The third-order valence-corrected chi connectivity index (χ3v) is 6.10. The molecule has 0 heterocycles. The van der Waals surface area contributed by atoms with Crippen LogP contribution in [0.15, 0.2) is 76.7 Å². The van der Waals surface area contributed by atoms with Crippen molar-refractivity contribution in [3.8, 4) is 0 Å². The van der Waals surface area contributed by atoms with Gasteiger partial charge in [-0.15, -0.1) is 0 Å². The zero-order valence-corrected chi connectivity index (χ0v) is 17.4. The molecule has 156 valence electrons. The molecule has 0 unspecified atom stereocenters. The van der Waals surface area contributed by atoms with Crippen LogP contribution in [0.25, 0.3) is 21.5 Å². The first-order chi connectivity index (χ1) is 14.8. The molecule has 8 nitrogen and oxygen atoms in total. The van der Waals surface area contributed by atoms with Gasteiger partial charge in [-0.05, 0) is 22.9 Å². The van der Waals surface area contributed by atoms with Gasteiger partial charge in [0.25, 0.3) is 5.69 Å². The van der Waals surface area contributed by atoms with Crippen LogP contribution in [-0.4, -0.2) is 19.6 Å². The minimum absolute atomic E-state index is 0.0243. The summed E-state index contributed by atoms with van der Waals surface area (Å²) in [6.07, 6.45) is 1.55. The second-order valence-corrected chi connectivity index (χ2v) is 8.61. The molecule has 3 N–H and O–H groups in total. The lowest BCUT2D eigenvalue weighted by Gasteiger charge is -2.10. The number of primary sulfonamides is 1. The van der Waals surface area contributed by atoms with Crippen molar-refractivity contribution in [3.05, 3.63) is 87.4 Å². The van der Waals surface area contributed by atoms with E-state index in [1.807, 2.05) is 48.5 Å². The Morgan fingerprint density at radius 2 is 1.52 bits per heavy atom. The van der Waals surface area contributed by atoms with E-state index in [1.165, 1.54) is 12.1 Å². The molecule has 4 aromatic rings. The summed E-state index contributed by atoms with van der Waals surface area (Å²) in [6.45, 7) is 0. The van der Waals surface area contributed by atoms with Gasteiger partial charge in [0, 0.05) is 22.4 Å². The maximum Gasteiger partial charge on any atom is 0.295 e. The van der Waals surface area contributed by atoms with Gasteiger partial charge in [-0.25, -0.2) is 13.6 Å². The molecule has 0 aliphatic rings. The quantitative estimate of drug-likeness (QED) is 0.196. The summed E-state index contributed by atoms with van der Waals surface area (Å²) >= 11 is 6.59. The normalized spacial score (nSPS) is 11.9. The van der Waals surface area contributed by atoms with E-state index in [-0.39, 0.29) is 10.6 Å². The van der Waals surface area contributed by atoms with E-state index in [0.717, 1.165) is 33.2 Å². The van der Waals surface area contributed by atoms with Crippen LogP contribution in [0.5, 0.6) is 0 Å². The largest absolute Gasteiger partial charge is 0.295 e. The Morgan fingerprint density at radius 3 is 2.03 bits per heavy atom. The molecule has 0 aliphatic heterocycles. The number of benzene rings is 4. The minimum atomic E-state index is -4.07. The predicted octanol–water partition coefficient (Wildman–Crippen LogP) is 4.65. The fourth-order valence-electron chi connectivity index (χ4n) is 3.35. The van der Waals surface area contributed by atoms with E-state index in [2.05, 4.69) is 10.5 Å². The summed E-state index contributed by atoms with van der Waals surface area (Å²) in [6, 6.07) is 18.5. The Labute approximate surface area is 182 Å². The summed E-state index contributed by atoms with van der Waals surface area (Å²) in [5.74, 6) is 0. The molecule has 10 heteroatoms. The number of nitrogens with two attached hydrogens (primary N) is 1. The third kappa shape index (κ3) is 3.93. The average Bonchev–Trinajstić information content (AvgIpc) is 2.75. The van der Waals surface area contributed by atoms with Crippen LogP contribution in [0.3, 0.4) is 0 Å². The zero-order valence-electron chi connectivity index (χ0n) is 15.8. The topological polar surface area (TPSA) is 128 Å². The number of nitrogens with zero attached hydrogens (tertiary/aromatic N) is 2. The average molecular weight is 455 g/mol. The molecule has 0 aliphatic carbocycles. The van der Waals surface area contributed by atoms with Crippen LogP contribution in [0, 0.1) is 10.1 Å². The van der Waals surface area contributed by atoms with Crippen molar-refractivity contribution in [3.63, 3.8) is 0 Å². The number of hydrazone groups is 1. The van der Waals surface area contributed by atoms with E-state index in [9.17, 15) is 18.5 Å². The maximum absolute atomic E-state index is 11.5. The van der Waals surface area contributed by atoms with Crippen molar-refractivity contribution in [2.45, 2.75) is 4.90 Å². The van der Waals surface area contributed by atoms with Crippen LogP contribution in [0.4, 0.5) is 11.4 Å². The first-order valence-corrected chi connectivity index (χ1v) is 10.9. The van der Waals surface area contributed by atoms with Gasteiger partial charge in [0.15, 0.2) is 0 Å². The Bertz CT molecular complexity index is 1430. The third-order valence-electron chi connectivity index (χ3n) is 4.78. The van der Waals surface area contributed by atoms with Crippen molar-refractivity contribution in [1.82, 2.24) is 0 Å². The second kappa shape index (κ2) is 7.95. The zero-order chi connectivity index (χ0) is 22.2. The smallest absolute Gasteiger partial charge is 0.272 e. The number of rotatable bonds is 5. The summed E-state index contributed by atoms with van der Waals surface area (Å²) in [5.41, 5.74) is 2.97. The molecule has 0 spiro atoms. The Balaban J connectivity index is 1.80. The summed E-state index contributed by atoms with van der Waals surface area (Å²) < 4.78 is 23.0. The van der Waals surface area contributed by atoms with E-state index in [4.69, 9.17) is 16.7 Å². The number of fused-ring (bicyclic) bond motifs is 2. The van der Waals surface area contributed by atoms with E-state index < -0.39 is 20.6 Å². The van der Waals surface area contributed by atoms with Crippen molar-refractivity contribution >= 4 is 60.8 Å². The molecule has 0 saturated heterocycles. The molecule has 4 rings (SSSR count). The Hall–Kier alpha value is -3.53. The fraction of sp³-hybridized carbons (Fsp3) is 0. The van der Waals surface area contributed by atoms with Crippen molar-refractivity contribution < 1.29 is 13.3 Å². The van der Waals surface area contributed by atoms with Crippen LogP contribution >= 0.6 is 11.6 Å². The molecule has 0 aromatic heterocycles. The van der Waals surface area contributed by atoms with Gasteiger partial charge in [-0.3, -0.25) is 15.5 Å². The standard InChI is InChI=1S/C21H15ClN4O4S/c22-21-16-7-3-1-5-14(16)18(15-6-2-4-8-17(15)21)12-24-25-19-10-9-13(31(23,29)30)11-20(19)26(27)28/h1-12,25H,(H2,23,29,30)/b24-12-. The molecule has 31 heavy (non-hydrogen) atoms. The van der Waals surface area contributed by atoms with Crippen molar-refractivity contribution in [1.29, 1.82) is 0 Å². The second-order valence-electron chi connectivity index (χ2n) is 6.67. The van der Waals surface area contributed by atoms with Crippen LogP contribution < -0.4 is 10.6 Å². The Kier molecular flexibility index (Phi) is 5.32. The first-order valence-electron chi connectivity index (χ1n) is 8.96. The van der Waals surface area contributed by atoms with Crippen molar-refractivity contribution in [2.75, 3.05) is 5.43 Å².